The maximum atomic E-state index is 12.4. The van der Waals surface area contributed by atoms with Gasteiger partial charge in [-0.25, -0.2) is 0 Å². The Bertz CT molecular complexity index is 501. The average Bonchev–Trinajstić information content (AvgIpc) is 2.66. The van der Waals surface area contributed by atoms with Crippen LogP contribution in [0.3, 0.4) is 0 Å². The van der Waals surface area contributed by atoms with Crippen molar-refractivity contribution in [2.24, 2.45) is 5.92 Å². The van der Waals surface area contributed by atoms with Crippen molar-refractivity contribution in [3.8, 4) is 5.75 Å². The maximum absolute atomic E-state index is 12.4. The fourth-order valence-corrected chi connectivity index (χ4v) is 4.06. The second-order valence-electron chi connectivity index (χ2n) is 8.06. The lowest BCUT2D eigenvalue weighted by Crippen LogP contribution is -2.16. The Morgan fingerprint density at radius 2 is 1.52 bits per heavy atom. The lowest BCUT2D eigenvalue weighted by atomic mass is 9.77. The number of unbranched alkanes of at least 4 members (excludes halogenated alkanes) is 5. The van der Waals surface area contributed by atoms with Crippen LogP contribution < -0.4 is 4.74 Å². The minimum Gasteiger partial charge on any atom is -0.494 e. The molecule has 4 heteroatoms. The molecule has 0 spiro atoms. The smallest absolute Gasteiger partial charge is 0.389 e. The molecule has 1 fully saturated rings. The first-order valence-electron chi connectivity index (χ1n) is 10.8. The van der Waals surface area contributed by atoms with Gasteiger partial charge in [-0.1, -0.05) is 51.2 Å². The van der Waals surface area contributed by atoms with E-state index < -0.39 is 12.6 Å². The topological polar surface area (TPSA) is 9.23 Å². The quantitative estimate of drug-likeness (QED) is 0.351. The third kappa shape index (κ3) is 9.03. The number of halogens is 3. The van der Waals surface area contributed by atoms with Gasteiger partial charge < -0.3 is 4.74 Å². The molecule has 0 saturated heterocycles. The fourth-order valence-electron chi connectivity index (χ4n) is 4.06. The summed E-state index contributed by atoms with van der Waals surface area (Å²) in [6.45, 7) is 3.00. The van der Waals surface area contributed by atoms with Gasteiger partial charge in [-0.05, 0) is 68.1 Å². The van der Waals surface area contributed by atoms with Crippen molar-refractivity contribution in [3.63, 3.8) is 0 Å². The monoisotopic (exact) mass is 384 g/mol. The third-order valence-corrected chi connectivity index (χ3v) is 5.80. The molecule has 0 unspecified atom stereocenters. The van der Waals surface area contributed by atoms with E-state index in [2.05, 4.69) is 19.1 Å². The first-order valence-corrected chi connectivity index (χ1v) is 10.8. The molecule has 0 bridgehead atoms. The fraction of sp³-hybridized carbons (Fsp3) is 0.739. The molecule has 0 aromatic heterocycles. The largest absolute Gasteiger partial charge is 0.494 e. The SMILES string of the molecule is CCCCCCCCOc1ccc(C2CCC(CCC(F)(F)F)CC2)cc1. The molecule has 0 aliphatic heterocycles. The van der Waals surface area contributed by atoms with E-state index in [-0.39, 0.29) is 5.92 Å². The molecular weight excluding hydrogens is 349 g/mol. The molecule has 0 amide bonds. The van der Waals surface area contributed by atoms with Crippen molar-refractivity contribution in [1.29, 1.82) is 0 Å². The lowest BCUT2D eigenvalue weighted by Gasteiger charge is -2.29. The van der Waals surface area contributed by atoms with Crippen molar-refractivity contribution >= 4 is 0 Å². The second kappa shape index (κ2) is 11.6. The Labute approximate surface area is 162 Å². The molecule has 1 aliphatic rings. The molecule has 1 saturated carbocycles. The van der Waals surface area contributed by atoms with Crippen LogP contribution in [0.5, 0.6) is 5.75 Å². The maximum Gasteiger partial charge on any atom is 0.389 e. The van der Waals surface area contributed by atoms with E-state index in [1.54, 1.807) is 0 Å². The lowest BCUT2D eigenvalue weighted by molar-refractivity contribution is -0.138. The number of hydrogen-bond donors (Lipinski definition) is 0. The predicted molar refractivity (Wildman–Crippen MR) is 105 cm³/mol. The summed E-state index contributed by atoms with van der Waals surface area (Å²) in [4.78, 5) is 0. The Balaban J connectivity index is 1.64. The first kappa shape index (κ1) is 22.1. The summed E-state index contributed by atoms with van der Waals surface area (Å²) >= 11 is 0. The van der Waals surface area contributed by atoms with Crippen molar-refractivity contribution in [1.82, 2.24) is 0 Å². The minimum absolute atomic E-state index is 0.239. The van der Waals surface area contributed by atoms with Crippen LogP contribution in [0.4, 0.5) is 13.2 Å². The van der Waals surface area contributed by atoms with Crippen LogP contribution in [0.2, 0.25) is 0 Å². The van der Waals surface area contributed by atoms with Gasteiger partial charge in [0.1, 0.15) is 5.75 Å². The van der Waals surface area contributed by atoms with Crippen LogP contribution in [0.25, 0.3) is 0 Å². The zero-order valence-corrected chi connectivity index (χ0v) is 16.7. The highest BCUT2D eigenvalue weighted by Gasteiger charge is 2.30. The molecule has 1 nitrogen and oxygen atoms in total. The molecule has 0 heterocycles. The van der Waals surface area contributed by atoms with Gasteiger partial charge in [0.05, 0.1) is 6.61 Å². The van der Waals surface area contributed by atoms with Crippen LogP contribution in [0, 0.1) is 5.92 Å². The standard InChI is InChI=1S/C23H35F3O/c1-2-3-4-5-6-7-18-27-22-14-12-21(13-15-22)20-10-8-19(9-11-20)16-17-23(24,25)26/h12-15,19-20H,2-11,16-18H2,1H3. The summed E-state index contributed by atoms with van der Waals surface area (Å²) in [7, 11) is 0. The van der Waals surface area contributed by atoms with Gasteiger partial charge in [-0.2, -0.15) is 13.2 Å². The molecule has 0 N–H and O–H groups in total. The number of ether oxygens (including phenoxy) is 1. The van der Waals surface area contributed by atoms with Crippen LogP contribution in [-0.4, -0.2) is 12.8 Å². The number of alkyl halides is 3. The van der Waals surface area contributed by atoms with E-state index >= 15 is 0 Å². The molecule has 154 valence electrons. The van der Waals surface area contributed by atoms with Crippen molar-refractivity contribution < 1.29 is 17.9 Å². The third-order valence-electron chi connectivity index (χ3n) is 5.80. The first-order chi connectivity index (χ1) is 13.0. The molecule has 2 rings (SSSR count). The highest BCUT2D eigenvalue weighted by atomic mass is 19.4. The number of benzene rings is 1. The van der Waals surface area contributed by atoms with Gasteiger partial charge in [0, 0.05) is 6.42 Å². The van der Waals surface area contributed by atoms with Crippen LogP contribution in [0.15, 0.2) is 24.3 Å². The van der Waals surface area contributed by atoms with Gasteiger partial charge in [-0.15, -0.1) is 0 Å². The summed E-state index contributed by atoms with van der Waals surface area (Å²) in [5.74, 6) is 1.65. The summed E-state index contributed by atoms with van der Waals surface area (Å²) in [5, 5.41) is 0. The average molecular weight is 385 g/mol. The van der Waals surface area contributed by atoms with Crippen LogP contribution >= 0.6 is 0 Å². The Kier molecular flexibility index (Phi) is 9.50. The normalized spacial score (nSPS) is 20.6. The molecule has 1 aliphatic carbocycles. The van der Waals surface area contributed by atoms with Crippen molar-refractivity contribution in [2.75, 3.05) is 6.61 Å². The van der Waals surface area contributed by atoms with E-state index in [9.17, 15) is 13.2 Å². The van der Waals surface area contributed by atoms with Crippen LogP contribution in [0.1, 0.15) is 95.5 Å². The highest BCUT2D eigenvalue weighted by molar-refractivity contribution is 5.29. The molecular formula is C23H35F3O. The zero-order chi connectivity index (χ0) is 19.5. The minimum atomic E-state index is -4.01. The van der Waals surface area contributed by atoms with E-state index in [0.29, 0.717) is 12.3 Å². The zero-order valence-electron chi connectivity index (χ0n) is 16.7. The number of hydrogen-bond acceptors (Lipinski definition) is 1. The van der Waals surface area contributed by atoms with E-state index in [1.807, 2.05) is 12.1 Å². The van der Waals surface area contributed by atoms with Gasteiger partial charge in [0.25, 0.3) is 0 Å². The summed E-state index contributed by atoms with van der Waals surface area (Å²) in [5.41, 5.74) is 1.30. The molecule has 0 atom stereocenters. The van der Waals surface area contributed by atoms with Gasteiger partial charge in [-0.3, -0.25) is 0 Å². The molecule has 1 aromatic carbocycles. The number of rotatable bonds is 11. The van der Waals surface area contributed by atoms with Gasteiger partial charge in [0.2, 0.25) is 0 Å². The Morgan fingerprint density at radius 3 is 2.15 bits per heavy atom. The highest BCUT2D eigenvalue weighted by Crippen LogP contribution is 2.39. The Hall–Kier alpha value is -1.19. The van der Waals surface area contributed by atoms with E-state index in [0.717, 1.165) is 44.5 Å². The summed E-state index contributed by atoms with van der Waals surface area (Å²) in [6, 6.07) is 8.36. The molecule has 27 heavy (non-hydrogen) atoms. The summed E-state index contributed by atoms with van der Waals surface area (Å²) < 4.78 is 42.9. The predicted octanol–water partition coefficient (Wildman–Crippen LogP) is 8.04. The molecule has 0 radical (unpaired) electrons. The molecule has 1 aromatic rings. The van der Waals surface area contributed by atoms with E-state index in [1.165, 1.54) is 37.7 Å². The second-order valence-corrected chi connectivity index (χ2v) is 8.06. The van der Waals surface area contributed by atoms with Gasteiger partial charge >= 0.3 is 6.18 Å². The van der Waals surface area contributed by atoms with Crippen LogP contribution in [-0.2, 0) is 0 Å². The van der Waals surface area contributed by atoms with Crippen molar-refractivity contribution in [2.45, 2.75) is 96.1 Å². The van der Waals surface area contributed by atoms with E-state index in [4.69, 9.17) is 4.74 Å². The van der Waals surface area contributed by atoms with Crippen molar-refractivity contribution in [3.05, 3.63) is 29.8 Å². The summed E-state index contributed by atoms with van der Waals surface area (Å²) in [6.07, 6.45) is 7.03. The van der Waals surface area contributed by atoms with Gasteiger partial charge in [0.15, 0.2) is 0 Å². The Morgan fingerprint density at radius 1 is 0.889 bits per heavy atom.